The molecule has 0 amide bonds. The van der Waals surface area contributed by atoms with Crippen molar-refractivity contribution in [2.45, 2.75) is 27.7 Å². The van der Waals surface area contributed by atoms with Gasteiger partial charge in [0.2, 0.25) is 0 Å². The van der Waals surface area contributed by atoms with Gasteiger partial charge in [0.25, 0.3) is 0 Å². The summed E-state index contributed by atoms with van der Waals surface area (Å²) < 4.78 is 4.82. The van der Waals surface area contributed by atoms with Gasteiger partial charge in [0, 0.05) is 5.56 Å². The fourth-order valence-corrected chi connectivity index (χ4v) is 2.46. The zero-order chi connectivity index (χ0) is 14.4. The lowest BCUT2D eigenvalue weighted by Gasteiger charge is -2.08. The molecule has 0 heterocycles. The largest absolute Gasteiger partial charge is 0.465 e. The molecule has 0 saturated carbocycles. The van der Waals surface area contributed by atoms with Crippen LogP contribution in [0.5, 0.6) is 0 Å². The first kappa shape index (κ1) is 15.8. The second-order valence-corrected chi connectivity index (χ2v) is 5.46. The van der Waals surface area contributed by atoms with Crippen LogP contribution in [0.3, 0.4) is 0 Å². The van der Waals surface area contributed by atoms with Crippen molar-refractivity contribution in [3.8, 4) is 0 Å². The fourth-order valence-electron chi connectivity index (χ4n) is 1.77. The highest BCUT2D eigenvalue weighted by atomic mass is 32.2. The second kappa shape index (κ2) is 7.34. The van der Waals surface area contributed by atoms with Crippen molar-refractivity contribution in [3.05, 3.63) is 34.4 Å². The molecule has 1 rings (SSSR count). The van der Waals surface area contributed by atoms with E-state index in [9.17, 15) is 9.59 Å². The lowest BCUT2D eigenvalue weighted by atomic mass is 9.99. The highest BCUT2D eigenvalue weighted by Gasteiger charge is 2.12. The van der Waals surface area contributed by atoms with Gasteiger partial charge in [0.15, 0.2) is 5.78 Å². The van der Waals surface area contributed by atoms with Crippen molar-refractivity contribution in [2.24, 2.45) is 0 Å². The molecular weight excluding hydrogens is 260 g/mol. The van der Waals surface area contributed by atoms with Crippen molar-refractivity contribution >= 4 is 23.5 Å². The zero-order valence-corrected chi connectivity index (χ0v) is 12.7. The van der Waals surface area contributed by atoms with Crippen molar-refractivity contribution in [1.29, 1.82) is 0 Å². The molecule has 1 aromatic rings. The maximum Gasteiger partial charge on any atom is 0.315 e. The number of ketones is 1. The van der Waals surface area contributed by atoms with Gasteiger partial charge in [-0.3, -0.25) is 9.59 Å². The Hall–Kier alpha value is -1.29. The highest BCUT2D eigenvalue weighted by Crippen LogP contribution is 2.17. The number of benzene rings is 1. The van der Waals surface area contributed by atoms with Crippen LogP contribution in [0.4, 0.5) is 0 Å². The van der Waals surface area contributed by atoms with Crippen LogP contribution in [-0.2, 0) is 9.53 Å². The third-order valence-corrected chi connectivity index (χ3v) is 3.81. The molecule has 0 aliphatic heterocycles. The predicted octanol–water partition coefficient (Wildman–Crippen LogP) is 3.09. The first-order valence-electron chi connectivity index (χ1n) is 6.30. The highest BCUT2D eigenvalue weighted by molar-refractivity contribution is 8.00. The third-order valence-electron chi connectivity index (χ3n) is 2.90. The normalized spacial score (nSPS) is 10.3. The summed E-state index contributed by atoms with van der Waals surface area (Å²) in [7, 11) is 0. The van der Waals surface area contributed by atoms with E-state index in [-0.39, 0.29) is 17.5 Å². The lowest BCUT2D eigenvalue weighted by molar-refractivity contribution is -0.139. The molecule has 4 heteroatoms. The lowest BCUT2D eigenvalue weighted by Crippen LogP contribution is -2.11. The van der Waals surface area contributed by atoms with Gasteiger partial charge in [-0.05, 0) is 50.5 Å². The number of hydrogen-bond acceptors (Lipinski definition) is 4. The average molecular weight is 280 g/mol. The van der Waals surface area contributed by atoms with Crippen molar-refractivity contribution in [1.82, 2.24) is 0 Å². The average Bonchev–Trinajstić information content (AvgIpc) is 2.34. The number of hydrogen-bond donors (Lipinski definition) is 0. The van der Waals surface area contributed by atoms with Crippen LogP contribution in [0.25, 0.3) is 0 Å². The Balaban J connectivity index is 2.59. The van der Waals surface area contributed by atoms with Crippen LogP contribution in [0.1, 0.15) is 34.0 Å². The first-order chi connectivity index (χ1) is 8.95. The van der Waals surface area contributed by atoms with E-state index in [2.05, 4.69) is 0 Å². The number of carbonyl (C=O) groups excluding carboxylic acids is 2. The summed E-state index contributed by atoms with van der Waals surface area (Å²) in [5.74, 6) is 0.332. The molecule has 0 aliphatic rings. The Morgan fingerprint density at radius 2 is 1.68 bits per heavy atom. The van der Waals surface area contributed by atoms with Gasteiger partial charge >= 0.3 is 5.97 Å². The molecule has 0 spiro atoms. The van der Waals surface area contributed by atoms with Crippen LogP contribution >= 0.6 is 11.8 Å². The van der Waals surface area contributed by atoms with E-state index in [1.54, 1.807) is 6.92 Å². The van der Waals surface area contributed by atoms with E-state index in [4.69, 9.17) is 4.74 Å². The number of Topliss-reactive ketones (excluding diaryl/α,β-unsaturated/α-hetero) is 1. The second-order valence-electron chi connectivity index (χ2n) is 4.47. The monoisotopic (exact) mass is 280 g/mol. The summed E-state index contributed by atoms with van der Waals surface area (Å²) in [4.78, 5) is 23.3. The van der Waals surface area contributed by atoms with Gasteiger partial charge in [0.1, 0.15) is 0 Å². The van der Waals surface area contributed by atoms with Gasteiger partial charge in [-0.2, -0.15) is 0 Å². The minimum Gasteiger partial charge on any atom is -0.465 e. The molecule has 0 aromatic heterocycles. The summed E-state index contributed by atoms with van der Waals surface area (Å²) in [6.07, 6.45) is 0. The number of carbonyl (C=O) groups is 2. The smallest absolute Gasteiger partial charge is 0.315 e. The van der Waals surface area contributed by atoms with Crippen LogP contribution in [0.15, 0.2) is 12.1 Å². The van der Waals surface area contributed by atoms with Gasteiger partial charge in [-0.1, -0.05) is 6.07 Å². The van der Waals surface area contributed by atoms with Crippen molar-refractivity contribution < 1.29 is 14.3 Å². The molecule has 0 unspecified atom stereocenters. The fraction of sp³-hybridized carbons (Fsp3) is 0.467. The Morgan fingerprint density at radius 1 is 1.05 bits per heavy atom. The maximum atomic E-state index is 12.1. The molecule has 0 fully saturated rings. The molecule has 0 N–H and O–H groups in total. The van der Waals surface area contributed by atoms with Crippen LogP contribution in [0, 0.1) is 20.8 Å². The zero-order valence-electron chi connectivity index (χ0n) is 11.9. The summed E-state index contributed by atoms with van der Waals surface area (Å²) in [6, 6.07) is 3.95. The van der Waals surface area contributed by atoms with E-state index in [0.717, 1.165) is 16.7 Å². The number of thioether (sulfide) groups is 1. The van der Waals surface area contributed by atoms with E-state index in [0.29, 0.717) is 12.4 Å². The van der Waals surface area contributed by atoms with Crippen LogP contribution in [-0.4, -0.2) is 29.9 Å². The maximum absolute atomic E-state index is 12.1. The Morgan fingerprint density at radius 3 is 2.32 bits per heavy atom. The number of rotatable bonds is 6. The van der Waals surface area contributed by atoms with Crippen molar-refractivity contribution in [2.75, 3.05) is 18.1 Å². The summed E-state index contributed by atoms with van der Waals surface area (Å²) >= 11 is 1.30. The number of aryl methyl sites for hydroxylation is 3. The van der Waals surface area contributed by atoms with Gasteiger partial charge in [-0.25, -0.2) is 0 Å². The van der Waals surface area contributed by atoms with Gasteiger partial charge in [0.05, 0.1) is 18.1 Å². The van der Waals surface area contributed by atoms with Crippen LogP contribution < -0.4 is 0 Å². The number of esters is 1. The van der Waals surface area contributed by atoms with Crippen LogP contribution in [0.2, 0.25) is 0 Å². The summed E-state index contributed by atoms with van der Waals surface area (Å²) in [6.45, 7) is 8.12. The predicted molar refractivity (Wildman–Crippen MR) is 78.9 cm³/mol. The summed E-state index contributed by atoms with van der Waals surface area (Å²) in [5.41, 5.74) is 4.04. The molecule has 19 heavy (non-hydrogen) atoms. The molecule has 0 aliphatic carbocycles. The quantitative estimate of drug-likeness (QED) is 0.593. The molecule has 104 valence electrons. The van der Waals surface area contributed by atoms with Gasteiger partial charge < -0.3 is 4.74 Å². The summed E-state index contributed by atoms with van der Waals surface area (Å²) in [5, 5.41) is 0. The molecule has 0 saturated heterocycles. The third kappa shape index (κ3) is 4.71. The minimum absolute atomic E-state index is 0.0647. The molecule has 1 aromatic carbocycles. The SMILES string of the molecule is CCOC(=O)CSCC(=O)c1cc(C)c(C)cc1C. The molecule has 0 atom stereocenters. The topological polar surface area (TPSA) is 43.4 Å². The van der Waals surface area contributed by atoms with E-state index < -0.39 is 0 Å². The van der Waals surface area contributed by atoms with Gasteiger partial charge in [-0.15, -0.1) is 11.8 Å². The first-order valence-corrected chi connectivity index (χ1v) is 7.45. The molecular formula is C15H20O3S. The Labute approximate surface area is 118 Å². The molecule has 0 bridgehead atoms. The number of ether oxygens (including phenoxy) is 1. The minimum atomic E-state index is -0.267. The Kier molecular flexibility index (Phi) is 6.09. The molecule has 3 nitrogen and oxygen atoms in total. The van der Waals surface area contributed by atoms with E-state index in [1.165, 1.54) is 17.3 Å². The van der Waals surface area contributed by atoms with E-state index >= 15 is 0 Å². The standard InChI is InChI=1S/C15H20O3S/c1-5-18-15(17)9-19-8-14(16)13-7-11(3)10(2)6-12(13)4/h6-7H,5,8-9H2,1-4H3. The van der Waals surface area contributed by atoms with E-state index in [1.807, 2.05) is 32.9 Å². The molecule has 0 radical (unpaired) electrons. The van der Waals surface area contributed by atoms with Crippen molar-refractivity contribution in [3.63, 3.8) is 0 Å². The Bertz CT molecular complexity index is 481.